The van der Waals surface area contributed by atoms with Crippen molar-refractivity contribution in [2.24, 2.45) is 5.92 Å². The van der Waals surface area contributed by atoms with Crippen LogP contribution in [-0.4, -0.2) is 23.5 Å². The third kappa shape index (κ3) is 3.75. The van der Waals surface area contributed by atoms with Crippen molar-refractivity contribution in [3.05, 3.63) is 29.8 Å². The summed E-state index contributed by atoms with van der Waals surface area (Å²) < 4.78 is 0. The number of rotatable bonds is 4. The average Bonchev–Trinajstić information content (AvgIpc) is 2.82. The number of alkyl halides is 1. The Kier molecular flexibility index (Phi) is 5.13. The summed E-state index contributed by atoms with van der Waals surface area (Å²) >= 11 is 5.32. The van der Waals surface area contributed by atoms with Crippen LogP contribution in [0.4, 0.5) is 0 Å². The van der Waals surface area contributed by atoms with Crippen LogP contribution in [0.3, 0.4) is 0 Å². The number of thioether (sulfide) groups is 1. The number of nitrogens with one attached hydrogen (secondary N) is 1. The third-order valence-corrected chi connectivity index (χ3v) is 4.96. The fourth-order valence-electron chi connectivity index (χ4n) is 2.28. The number of carbonyl (C=O) groups is 1. The SMILES string of the molecule is CSc1ccc(C(=O)NCC2CCC(Br)C2)cc1. The maximum absolute atomic E-state index is 12.0. The van der Waals surface area contributed by atoms with Gasteiger partial charge in [0.1, 0.15) is 0 Å². The Morgan fingerprint density at radius 3 is 2.67 bits per heavy atom. The summed E-state index contributed by atoms with van der Waals surface area (Å²) in [5, 5.41) is 3.03. The number of halogens is 1. The van der Waals surface area contributed by atoms with Gasteiger partial charge in [0.15, 0.2) is 0 Å². The zero-order valence-electron chi connectivity index (χ0n) is 10.5. The fourth-order valence-corrected chi connectivity index (χ4v) is 3.48. The van der Waals surface area contributed by atoms with Gasteiger partial charge in [-0.2, -0.15) is 0 Å². The highest BCUT2D eigenvalue weighted by Crippen LogP contribution is 2.30. The van der Waals surface area contributed by atoms with Crippen LogP contribution < -0.4 is 5.32 Å². The number of carbonyl (C=O) groups excluding carboxylic acids is 1. The van der Waals surface area contributed by atoms with Crippen molar-refractivity contribution in [2.75, 3.05) is 12.8 Å². The Balaban J connectivity index is 1.83. The Bertz CT molecular complexity index is 407. The summed E-state index contributed by atoms with van der Waals surface area (Å²) in [6.45, 7) is 0.797. The van der Waals surface area contributed by atoms with Crippen LogP contribution in [0.5, 0.6) is 0 Å². The Morgan fingerprint density at radius 2 is 2.11 bits per heavy atom. The number of benzene rings is 1. The van der Waals surface area contributed by atoms with Crippen LogP contribution in [0.25, 0.3) is 0 Å². The molecular weight excluding hydrogens is 310 g/mol. The average molecular weight is 328 g/mol. The standard InChI is InChI=1S/C14H18BrNOS/c1-18-13-6-3-11(4-7-13)14(17)16-9-10-2-5-12(15)8-10/h3-4,6-7,10,12H,2,5,8-9H2,1H3,(H,16,17). The molecule has 0 spiro atoms. The van der Waals surface area contributed by atoms with Crippen molar-refractivity contribution >= 4 is 33.6 Å². The zero-order valence-corrected chi connectivity index (χ0v) is 12.9. The maximum Gasteiger partial charge on any atom is 0.251 e. The van der Waals surface area contributed by atoms with Gasteiger partial charge in [0.2, 0.25) is 0 Å². The van der Waals surface area contributed by atoms with E-state index in [1.54, 1.807) is 11.8 Å². The van der Waals surface area contributed by atoms with E-state index in [9.17, 15) is 4.79 Å². The molecule has 0 aliphatic heterocycles. The zero-order chi connectivity index (χ0) is 13.0. The molecule has 1 aliphatic rings. The van der Waals surface area contributed by atoms with Crippen LogP contribution >= 0.6 is 27.7 Å². The second kappa shape index (κ2) is 6.62. The minimum absolute atomic E-state index is 0.0423. The molecule has 4 heteroatoms. The molecule has 1 amide bonds. The molecule has 0 radical (unpaired) electrons. The first-order valence-corrected chi connectivity index (χ1v) is 8.39. The summed E-state index contributed by atoms with van der Waals surface area (Å²) in [6, 6.07) is 7.76. The molecule has 2 rings (SSSR count). The molecule has 18 heavy (non-hydrogen) atoms. The van der Waals surface area contributed by atoms with Crippen molar-refractivity contribution in [3.8, 4) is 0 Å². The smallest absolute Gasteiger partial charge is 0.251 e. The number of hydrogen-bond acceptors (Lipinski definition) is 2. The second-order valence-electron chi connectivity index (χ2n) is 4.71. The molecule has 98 valence electrons. The minimum Gasteiger partial charge on any atom is -0.352 e. The molecule has 1 aromatic rings. The van der Waals surface area contributed by atoms with E-state index in [2.05, 4.69) is 21.2 Å². The van der Waals surface area contributed by atoms with E-state index in [1.807, 2.05) is 30.5 Å². The second-order valence-corrected chi connectivity index (χ2v) is 6.89. The maximum atomic E-state index is 12.0. The summed E-state index contributed by atoms with van der Waals surface area (Å²) in [6.07, 6.45) is 5.64. The van der Waals surface area contributed by atoms with Gasteiger partial charge in [0.05, 0.1) is 0 Å². The van der Waals surface area contributed by atoms with Crippen molar-refractivity contribution in [3.63, 3.8) is 0 Å². The van der Waals surface area contributed by atoms with E-state index in [0.29, 0.717) is 10.7 Å². The topological polar surface area (TPSA) is 29.1 Å². The molecule has 1 N–H and O–H groups in total. The monoisotopic (exact) mass is 327 g/mol. The summed E-state index contributed by atoms with van der Waals surface area (Å²) in [4.78, 5) is 13.8. The Hall–Kier alpha value is -0.480. The van der Waals surface area contributed by atoms with Crippen LogP contribution in [0.2, 0.25) is 0 Å². The molecular formula is C14H18BrNOS. The van der Waals surface area contributed by atoms with E-state index in [1.165, 1.54) is 24.2 Å². The molecule has 2 atom stereocenters. The van der Waals surface area contributed by atoms with Crippen molar-refractivity contribution in [1.29, 1.82) is 0 Å². The minimum atomic E-state index is 0.0423. The summed E-state index contributed by atoms with van der Waals surface area (Å²) in [5.74, 6) is 0.671. The van der Waals surface area contributed by atoms with Gasteiger partial charge in [-0.1, -0.05) is 15.9 Å². The lowest BCUT2D eigenvalue weighted by atomic mass is 10.1. The van der Waals surface area contributed by atoms with Gasteiger partial charge in [-0.25, -0.2) is 0 Å². The van der Waals surface area contributed by atoms with E-state index in [4.69, 9.17) is 0 Å². The molecule has 1 saturated carbocycles. The van der Waals surface area contributed by atoms with Gasteiger partial charge in [0.25, 0.3) is 5.91 Å². The molecule has 0 saturated heterocycles. The first-order chi connectivity index (χ1) is 8.69. The highest BCUT2D eigenvalue weighted by Gasteiger charge is 2.22. The van der Waals surface area contributed by atoms with Gasteiger partial charge >= 0.3 is 0 Å². The molecule has 0 bridgehead atoms. The molecule has 1 aromatic carbocycles. The van der Waals surface area contributed by atoms with Crippen LogP contribution in [-0.2, 0) is 0 Å². The first kappa shape index (κ1) is 13.9. The van der Waals surface area contributed by atoms with Crippen molar-refractivity contribution in [2.45, 2.75) is 29.0 Å². The molecule has 1 fully saturated rings. The molecule has 0 aromatic heterocycles. The quantitative estimate of drug-likeness (QED) is 0.674. The molecule has 2 nitrogen and oxygen atoms in total. The lowest BCUT2D eigenvalue weighted by molar-refractivity contribution is 0.0947. The lowest BCUT2D eigenvalue weighted by Crippen LogP contribution is -2.28. The van der Waals surface area contributed by atoms with E-state index in [0.717, 1.165) is 12.1 Å². The van der Waals surface area contributed by atoms with Crippen molar-refractivity contribution in [1.82, 2.24) is 5.32 Å². The lowest BCUT2D eigenvalue weighted by Gasteiger charge is -2.11. The van der Waals surface area contributed by atoms with Gasteiger partial charge in [-0.15, -0.1) is 11.8 Å². The third-order valence-electron chi connectivity index (χ3n) is 3.38. The van der Waals surface area contributed by atoms with Gasteiger partial charge in [0, 0.05) is 21.8 Å². The summed E-state index contributed by atoms with van der Waals surface area (Å²) in [7, 11) is 0. The highest BCUT2D eigenvalue weighted by molar-refractivity contribution is 9.09. The van der Waals surface area contributed by atoms with Gasteiger partial charge in [-0.05, 0) is 55.7 Å². The molecule has 0 heterocycles. The van der Waals surface area contributed by atoms with Crippen LogP contribution in [0, 0.1) is 5.92 Å². The van der Waals surface area contributed by atoms with Gasteiger partial charge in [-0.3, -0.25) is 4.79 Å². The van der Waals surface area contributed by atoms with Crippen LogP contribution in [0.1, 0.15) is 29.6 Å². The number of amides is 1. The predicted molar refractivity (Wildman–Crippen MR) is 80.6 cm³/mol. The normalized spacial score (nSPS) is 23.0. The highest BCUT2D eigenvalue weighted by atomic mass is 79.9. The Labute approximate surface area is 121 Å². The summed E-state index contributed by atoms with van der Waals surface area (Å²) in [5.41, 5.74) is 0.751. The van der Waals surface area contributed by atoms with E-state index < -0.39 is 0 Å². The van der Waals surface area contributed by atoms with E-state index in [-0.39, 0.29) is 5.91 Å². The first-order valence-electron chi connectivity index (χ1n) is 6.25. The number of hydrogen-bond donors (Lipinski definition) is 1. The van der Waals surface area contributed by atoms with Crippen molar-refractivity contribution < 1.29 is 4.79 Å². The Morgan fingerprint density at radius 1 is 1.39 bits per heavy atom. The molecule has 1 aliphatic carbocycles. The molecule has 2 unspecified atom stereocenters. The fraction of sp³-hybridized carbons (Fsp3) is 0.500. The predicted octanol–water partition coefficient (Wildman–Crippen LogP) is 3.70. The largest absolute Gasteiger partial charge is 0.352 e. The van der Waals surface area contributed by atoms with E-state index >= 15 is 0 Å². The van der Waals surface area contributed by atoms with Crippen LogP contribution in [0.15, 0.2) is 29.2 Å². The van der Waals surface area contributed by atoms with Gasteiger partial charge < -0.3 is 5.32 Å².